The zero-order chi connectivity index (χ0) is 18.2. The molecule has 0 aliphatic heterocycles. The van der Waals surface area contributed by atoms with E-state index >= 15 is 0 Å². The second-order valence-electron chi connectivity index (χ2n) is 7.02. The van der Waals surface area contributed by atoms with Crippen LogP contribution < -0.4 is 5.56 Å². The molecule has 1 aromatic heterocycles. The van der Waals surface area contributed by atoms with Crippen LogP contribution in [0, 0.1) is 5.92 Å². The fourth-order valence-corrected chi connectivity index (χ4v) is 3.36. The number of hydrogen-bond donors (Lipinski definition) is 0. The second kappa shape index (κ2) is 6.72. The van der Waals surface area contributed by atoms with Crippen LogP contribution in [0.15, 0.2) is 40.0 Å². The molecular formula is C18H23N3O3S. The van der Waals surface area contributed by atoms with E-state index in [1.54, 1.807) is 35.0 Å². The lowest BCUT2D eigenvalue weighted by atomic mass is 10.1. The summed E-state index contributed by atoms with van der Waals surface area (Å²) in [4.78, 5) is 14.9. The molecule has 2 aromatic rings. The number of rotatable bonds is 6. The maximum absolute atomic E-state index is 12.6. The molecule has 1 heterocycles. The Hall–Kier alpha value is -1.99. The molecule has 0 saturated heterocycles. The third-order valence-corrected chi connectivity index (χ3v) is 5.37. The molecule has 6 nitrogen and oxygen atoms in total. The van der Waals surface area contributed by atoms with E-state index in [4.69, 9.17) is 0 Å². The van der Waals surface area contributed by atoms with Crippen molar-refractivity contribution in [2.24, 2.45) is 5.92 Å². The molecule has 134 valence electrons. The SMILES string of the molecule is CN(C)Cc1cc(-c2ccc(S(C)(=O)=O)cc2)nn(CC2CC2)c1=O. The Kier molecular flexibility index (Phi) is 4.79. The molecule has 1 aliphatic carbocycles. The molecule has 0 unspecified atom stereocenters. The van der Waals surface area contributed by atoms with Crippen molar-refractivity contribution in [3.8, 4) is 11.3 Å². The number of hydrogen-bond acceptors (Lipinski definition) is 5. The maximum atomic E-state index is 12.6. The normalized spacial score (nSPS) is 14.9. The van der Waals surface area contributed by atoms with Gasteiger partial charge < -0.3 is 4.90 Å². The standard InChI is InChI=1S/C18H23N3O3S/c1-20(2)12-15-10-17(19-21(18(15)22)11-13-4-5-13)14-6-8-16(9-7-14)25(3,23)24/h6-10,13H,4-5,11-12H2,1-3H3. The Labute approximate surface area is 148 Å². The van der Waals surface area contributed by atoms with Crippen LogP contribution in [0.1, 0.15) is 18.4 Å². The fraction of sp³-hybridized carbons (Fsp3) is 0.444. The van der Waals surface area contributed by atoms with Gasteiger partial charge in [0.2, 0.25) is 0 Å². The summed E-state index contributed by atoms with van der Waals surface area (Å²) < 4.78 is 24.8. The van der Waals surface area contributed by atoms with Crippen LogP contribution >= 0.6 is 0 Å². The van der Waals surface area contributed by atoms with Gasteiger partial charge in [0.25, 0.3) is 5.56 Å². The lowest BCUT2D eigenvalue weighted by Gasteiger charge is -2.13. The lowest BCUT2D eigenvalue weighted by Crippen LogP contribution is -2.30. The molecule has 0 N–H and O–H groups in total. The highest BCUT2D eigenvalue weighted by molar-refractivity contribution is 7.90. The Morgan fingerprint density at radius 3 is 2.36 bits per heavy atom. The summed E-state index contributed by atoms with van der Waals surface area (Å²) >= 11 is 0. The zero-order valence-corrected chi connectivity index (χ0v) is 15.6. The van der Waals surface area contributed by atoms with Crippen molar-refractivity contribution in [2.75, 3.05) is 20.4 Å². The van der Waals surface area contributed by atoms with E-state index in [9.17, 15) is 13.2 Å². The number of aromatic nitrogens is 2. The van der Waals surface area contributed by atoms with Gasteiger partial charge in [0.05, 0.1) is 10.6 Å². The van der Waals surface area contributed by atoms with Gasteiger partial charge in [-0.2, -0.15) is 5.10 Å². The average molecular weight is 361 g/mol. The summed E-state index contributed by atoms with van der Waals surface area (Å²) in [6, 6.07) is 8.44. The van der Waals surface area contributed by atoms with E-state index in [2.05, 4.69) is 5.10 Å². The fourth-order valence-electron chi connectivity index (χ4n) is 2.73. The molecule has 0 atom stereocenters. The van der Waals surface area contributed by atoms with Gasteiger partial charge in [-0.15, -0.1) is 0 Å². The minimum absolute atomic E-state index is 0.0443. The van der Waals surface area contributed by atoms with Crippen molar-refractivity contribution in [2.45, 2.75) is 30.8 Å². The average Bonchev–Trinajstić information content (AvgIpc) is 3.34. The van der Waals surface area contributed by atoms with Crippen molar-refractivity contribution < 1.29 is 8.42 Å². The Morgan fingerprint density at radius 2 is 1.84 bits per heavy atom. The van der Waals surface area contributed by atoms with E-state index < -0.39 is 9.84 Å². The van der Waals surface area contributed by atoms with Gasteiger partial charge in [-0.3, -0.25) is 4.79 Å². The maximum Gasteiger partial charge on any atom is 0.271 e. The van der Waals surface area contributed by atoms with E-state index in [-0.39, 0.29) is 10.5 Å². The molecule has 1 aromatic carbocycles. The van der Waals surface area contributed by atoms with E-state index in [0.29, 0.717) is 30.3 Å². The third-order valence-electron chi connectivity index (χ3n) is 4.24. The highest BCUT2D eigenvalue weighted by atomic mass is 32.2. The van der Waals surface area contributed by atoms with E-state index in [0.717, 1.165) is 18.4 Å². The number of nitrogens with zero attached hydrogens (tertiary/aromatic N) is 3. The predicted molar refractivity (Wildman–Crippen MR) is 97.2 cm³/mol. The van der Waals surface area contributed by atoms with Gasteiger partial charge in [-0.25, -0.2) is 13.1 Å². The first-order chi connectivity index (χ1) is 11.7. The summed E-state index contributed by atoms with van der Waals surface area (Å²) in [5.74, 6) is 0.542. The monoisotopic (exact) mass is 361 g/mol. The van der Waals surface area contributed by atoms with Crippen molar-refractivity contribution >= 4 is 9.84 Å². The van der Waals surface area contributed by atoms with Crippen LogP contribution in [0.25, 0.3) is 11.3 Å². The summed E-state index contributed by atoms with van der Waals surface area (Å²) in [6.07, 6.45) is 3.47. The minimum atomic E-state index is -3.23. The van der Waals surface area contributed by atoms with E-state index in [1.165, 1.54) is 6.26 Å². The first-order valence-electron chi connectivity index (χ1n) is 8.30. The molecule has 0 spiro atoms. The first-order valence-corrected chi connectivity index (χ1v) is 10.2. The Morgan fingerprint density at radius 1 is 1.20 bits per heavy atom. The number of sulfone groups is 1. The van der Waals surface area contributed by atoms with Crippen LogP contribution in [-0.4, -0.2) is 43.4 Å². The molecule has 7 heteroatoms. The van der Waals surface area contributed by atoms with Crippen LogP contribution in [0.2, 0.25) is 0 Å². The van der Waals surface area contributed by atoms with Gasteiger partial charge in [-0.05, 0) is 51.1 Å². The molecular weight excluding hydrogens is 338 g/mol. The molecule has 0 bridgehead atoms. The number of benzene rings is 1. The molecule has 25 heavy (non-hydrogen) atoms. The van der Waals surface area contributed by atoms with Gasteiger partial charge in [0, 0.05) is 30.5 Å². The Balaban J connectivity index is 2.03. The van der Waals surface area contributed by atoms with Gasteiger partial charge in [0.1, 0.15) is 0 Å². The molecule has 1 aliphatic rings. The van der Waals surface area contributed by atoms with E-state index in [1.807, 2.05) is 19.0 Å². The molecule has 0 amide bonds. The Bertz CT molecular complexity index is 899. The predicted octanol–water partition coefficient (Wildman–Crippen LogP) is 1.79. The molecule has 3 rings (SSSR count). The highest BCUT2D eigenvalue weighted by Gasteiger charge is 2.23. The van der Waals surface area contributed by atoms with Crippen molar-refractivity contribution in [3.05, 3.63) is 46.2 Å². The first kappa shape index (κ1) is 17.8. The van der Waals surface area contributed by atoms with Gasteiger partial charge in [0.15, 0.2) is 9.84 Å². The quantitative estimate of drug-likeness (QED) is 0.784. The summed E-state index contributed by atoms with van der Waals surface area (Å²) in [6.45, 7) is 1.19. The van der Waals surface area contributed by atoms with Crippen molar-refractivity contribution in [1.82, 2.24) is 14.7 Å². The smallest absolute Gasteiger partial charge is 0.271 e. The van der Waals surface area contributed by atoms with Crippen molar-refractivity contribution in [3.63, 3.8) is 0 Å². The summed E-state index contributed by atoms with van der Waals surface area (Å²) in [7, 11) is 0.614. The lowest BCUT2D eigenvalue weighted by molar-refractivity contribution is 0.395. The zero-order valence-electron chi connectivity index (χ0n) is 14.8. The van der Waals surface area contributed by atoms with Crippen LogP contribution in [0.4, 0.5) is 0 Å². The molecule has 1 fully saturated rings. The van der Waals surface area contributed by atoms with Gasteiger partial charge >= 0.3 is 0 Å². The van der Waals surface area contributed by atoms with Crippen molar-refractivity contribution in [1.29, 1.82) is 0 Å². The molecule has 1 saturated carbocycles. The largest absolute Gasteiger partial charge is 0.305 e. The van der Waals surface area contributed by atoms with Gasteiger partial charge in [-0.1, -0.05) is 12.1 Å². The molecule has 0 radical (unpaired) electrons. The summed E-state index contributed by atoms with van der Waals surface area (Å²) in [5.41, 5.74) is 2.15. The highest BCUT2D eigenvalue weighted by Crippen LogP contribution is 2.30. The second-order valence-corrected chi connectivity index (χ2v) is 9.04. The minimum Gasteiger partial charge on any atom is -0.305 e. The van der Waals surface area contributed by atoms with Crippen LogP contribution in [0.3, 0.4) is 0 Å². The van der Waals surface area contributed by atoms with Crippen LogP contribution in [0.5, 0.6) is 0 Å². The summed E-state index contributed by atoms with van der Waals surface area (Å²) in [5, 5.41) is 4.52. The third kappa shape index (κ3) is 4.35. The topological polar surface area (TPSA) is 72.3 Å². The van der Waals surface area contributed by atoms with Crippen LogP contribution in [-0.2, 0) is 22.9 Å².